The van der Waals surface area contributed by atoms with Crippen molar-refractivity contribution in [1.29, 1.82) is 0 Å². The lowest BCUT2D eigenvalue weighted by Crippen LogP contribution is -2.06. The number of benzene rings is 1. The maximum Gasteiger partial charge on any atom is 0.337 e. The summed E-state index contributed by atoms with van der Waals surface area (Å²) in [6.45, 7) is 0.571. The molecule has 0 saturated carbocycles. The zero-order valence-electron chi connectivity index (χ0n) is 8.72. The van der Waals surface area contributed by atoms with Gasteiger partial charge in [-0.2, -0.15) is 4.98 Å². The predicted octanol–water partition coefficient (Wildman–Crippen LogP) is 1.68. The SMILES string of the molecule is COc1nc(N)n(Cc2cccc(Br)c2)n1. The molecule has 0 unspecified atom stereocenters. The van der Waals surface area contributed by atoms with E-state index in [1.54, 1.807) is 4.68 Å². The number of nitrogens with zero attached hydrogens (tertiary/aromatic N) is 3. The van der Waals surface area contributed by atoms with Crippen LogP contribution >= 0.6 is 15.9 Å². The van der Waals surface area contributed by atoms with Gasteiger partial charge in [0, 0.05) is 4.47 Å². The number of aromatic nitrogens is 3. The van der Waals surface area contributed by atoms with Gasteiger partial charge in [0.1, 0.15) is 0 Å². The number of nitrogens with two attached hydrogens (primary N) is 1. The molecule has 2 rings (SSSR count). The van der Waals surface area contributed by atoms with Gasteiger partial charge in [-0.1, -0.05) is 28.1 Å². The molecule has 2 aromatic rings. The second-order valence-electron chi connectivity index (χ2n) is 3.24. The molecule has 16 heavy (non-hydrogen) atoms. The van der Waals surface area contributed by atoms with Crippen LogP contribution in [0.2, 0.25) is 0 Å². The zero-order valence-corrected chi connectivity index (χ0v) is 10.3. The summed E-state index contributed by atoms with van der Waals surface area (Å²) in [6, 6.07) is 8.22. The third-order valence-electron chi connectivity index (χ3n) is 2.08. The first-order chi connectivity index (χ1) is 7.69. The van der Waals surface area contributed by atoms with Crippen molar-refractivity contribution < 1.29 is 4.74 Å². The van der Waals surface area contributed by atoms with Crippen LogP contribution in [-0.4, -0.2) is 21.9 Å². The number of rotatable bonds is 3. The van der Waals surface area contributed by atoms with Crippen molar-refractivity contribution >= 4 is 21.9 Å². The highest BCUT2D eigenvalue weighted by Gasteiger charge is 2.07. The average Bonchev–Trinajstić information content (AvgIpc) is 2.60. The lowest BCUT2D eigenvalue weighted by atomic mass is 10.2. The number of nitrogen functional groups attached to an aromatic ring is 1. The molecule has 0 aliphatic rings. The second kappa shape index (κ2) is 4.52. The minimum Gasteiger partial charge on any atom is -0.466 e. The monoisotopic (exact) mass is 282 g/mol. The molecule has 1 aromatic carbocycles. The van der Waals surface area contributed by atoms with Gasteiger partial charge in [0.2, 0.25) is 5.95 Å². The summed E-state index contributed by atoms with van der Waals surface area (Å²) >= 11 is 3.41. The van der Waals surface area contributed by atoms with Crippen LogP contribution in [0, 0.1) is 0 Å². The summed E-state index contributed by atoms with van der Waals surface area (Å²) in [6.07, 6.45) is 0. The highest BCUT2D eigenvalue weighted by atomic mass is 79.9. The maximum atomic E-state index is 5.70. The Morgan fingerprint density at radius 1 is 1.50 bits per heavy atom. The van der Waals surface area contributed by atoms with Gasteiger partial charge in [-0.05, 0) is 17.7 Å². The van der Waals surface area contributed by atoms with Gasteiger partial charge in [-0.3, -0.25) is 0 Å². The van der Waals surface area contributed by atoms with E-state index in [1.807, 2.05) is 24.3 Å². The van der Waals surface area contributed by atoms with Gasteiger partial charge in [0.25, 0.3) is 0 Å². The van der Waals surface area contributed by atoms with E-state index in [-0.39, 0.29) is 6.01 Å². The molecule has 0 aliphatic carbocycles. The lowest BCUT2D eigenvalue weighted by Gasteiger charge is -2.02. The van der Waals surface area contributed by atoms with Crippen LogP contribution in [0.4, 0.5) is 5.95 Å². The predicted molar refractivity (Wildman–Crippen MR) is 64.2 cm³/mol. The van der Waals surface area contributed by atoms with E-state index < -0.39 is 0 Å². The number of hydrogen-bond donors (Lipinski definition) is 1. The number of hydrogen-bond acceptors (Lipinski definition) is 4. The van der Waals surface area contributed by atoms with E-state index in [1.165, 1.54) is 7.11 Å². The Balaban J connectivity index is 2.23. The molecule has 0 atom stereocenters. The van der Waals surface area contributed by atoms with Crippen LogP contribution < -0.4 is 10.5 Å². The fraction of sp³-hybridized carbons (Fsp3) is 0.200. The van der Waals surface area contributed by atoms with Crippen molar-refractivity contribution in [1.82, 2.24) is 14.8 Å². The topological polar surface area (TPSA) is 66.0 Å². The largest absolute Gasteiger partial charge is 0.466 e. The molecule has 6 heteroatoms. The summed E-state index contributed by atoms with van der Waals surface area (Å²) in [7, 11) is 1.51. The first-order valence-corrected chi connectivity index (χ1v) is 5.47. The Morgan fingerprint density at radius 2 is 2.31 bits per heavy atom. The highest BCUT2D eigenvalue weighted by Crippen LogP contribution is 2.14. The Hall–Kier alpha value is -1.56. The smallest absolute Gasteiger partial charge is 0.337 e. The van der Waals surface area contributed by atoms with E-state index in [9.17, 15) is 0 Å². The summed E-state index contributed by atoms with van der Waals surface area (Å²) in [4.78, 5) is 3.94. The number of ether oxygens (including phenoxy) is 1. The molecule has 0 spiro atoms. The standard InChI is InChI=1S/C10H11BrN4O/c1-16-10-13-9(12)15(14-10)6-7-3-2-4-8(11)5-7/h2-5H,6H2,1H3,(H2,12,13,14). The van der Waals surface area contributed by atoms with Crippen molar-refractivity contribution in [3.8, 4) is 6.01 Å². The fourth-order valence-corrected chi connectivity index (χ4v) is 1.79. The summed E-state index contributed by atoms with van der Waals surface area (Å²) in [5.74, 6) is 0.344. The van der Waals surface area contributed by atoms with E-state index in [0.29, 0.717) is 12.5 Å². The molecular weight excluding hydrogens is 272 g/mol. The van der Waals surface area contributed by atoms with E-state index >= 15 is 0 Å². The van der Waals surface area contributed by atoms with E-state index in [2.05, 4.69) is 26.0 Å². The molecule has 84 valence electrons. The van der Waals surface area contributed by atoms with Crippen LogP contribution in [0.15, 0.2) is 28.7 Å². The normalized spacial score (nSPS) is 10.4. The molecule has 0 radical (unpaired) electrons. The molecule has 0 aliphatic heterocycles. The first-order valence-electron chi connectivity index (χ1n) is 4.68. The van der Waals surface area contributed by atoms with Gasteiger partial charge in [0.15, 0.2) is 0 Å². The highest BCUT2D eigenvalue weighted by molar-refractivity contribution is 9.10. The molecule has 2 N–H and O–H groups in total. The quantitative estimate of drug-likeness (QED) is 0.930. The Morgan fingerprint density at radius 3 is 2.94 bits per heavy atom. The van der Waals surface area contributed by atoms with E-state index in [4.69, 9.17) is 10.5 Å². The Bertz CT molecular complexity index is 497. The molecule has 5 nitrogen and oxygen atoms in total. The van der Waals surface area contributed by atoms with Gasteiger partial charge < -0.3 is 10.5 Å². The number of methoxy groups -OCH3 is 1. The Kier molecular flexibility index (Phi) is 3.09. The fourth-order valence-electron chi connectivity index (χ4n) is 1.34. The van der Waals surface area contributed by atoms with Crippen LogP contribution in [0.25, 0.3) is 0 Å². The van der Waals surface area contributed by atoms with Crippen LogP contribution in [0.5, 0.6) is 6.01 Å². The zero-order chi connectivity index (χ0) is 11.5. The number of anilines is 1. The summed E-state index contributed by atoms with van der Waals surface area (Å²) in [5.41, 5.74) is 6.79. The van der Waals surface area contributed by atoms with Gasteiger partial charge >= 0.3 is 6.01 Å². The van der Waals surface area contributed by atoms with Crippen molar-refractivity contribution in [2.45, 2.75) is 6.54 Å². The van der Waals surface area contributed by atoms with Gasteiger partial charge in [-0.15, -0.1) is 5.10 Å². The van der Waals surface area contributed by atoms with Crippen molar-refractivity contribution in [2.75, 3.05) is 12.8 Å². The third-order valence-corrected chi connectivity index (χ3v) is 2.58. The van der Waals surface area contributed by atoms with Gasteiger partial charge in [-0.25, -0.2) is 4.68 Å². The lowest BCUT2D eigenvalue weighted by molar-refractivity contribution is 0.377. The maximum absolute atomic E-state index is 5.70. The molecule has 0 bridgehead atoms. The molecule has 0 amide bonds. The van der Waals surface area contributed by atoms with Crippen molar-refractivity contribution in [2.24, 2.45) is 0 Å². The summed E-state index contributed by atoms with van der Waals surface area (Å²) < 4.78 is 7.53. The number of halogens is 1. The minimum absolute atomic E-state index is 0.285. The third kappa shape index (κ3) is 2.33. The average molecular weight is 283 g/mol. The first kappa shape index (κ1) is 10.9. The van der Waals surface area contributed by atoms with Crippen molar-refractivity contribution in [3.63, 3.8) is 0 Å². The summed E-state index contributed by atoms with van der Waals surface area (Å²) in [5, 5.41) is 4.10. The molecule has 0 fully saturated rings. The molecule has 1 heterocycles. The van der Waals surface area contributed by atoms with Crippen LogP contribution in [0.1, 0.15) is 5.56 Å². The van der Waals surface area contributed by atoms with Gasteiger partial charge in [0.05, 0.1) is 13.7 Å². The van der Waals surface area contributed by atoms with Crippen LogP contribution in [0.3, 0.4) is 0 Å². The van der Waals surface area contributed by atoms with Crippen LogP contribution in [-0.2, 0) is 6.54 Å². The van der Waals surface area contributed by atoms with E-state index in [0.717, 1.165) is 10.0 Å². The minimum atomic E-state index is 0.285. The molecule has 0 saturated heterocycles. The molecule has 1 aromatic heterocycles. The second-order valence-corrected chi connectivity index (χ2v) is 4.16. The van der Waals surface area contributed by atoms with Crippen molar-refractivity contribution in [3.05, 3.63) is 34.3 Å². The Labute approximate surface area is 101 Å². The molecular formula is C10H11BrN4O.